The molecule has 20 aromatic rings. The van der Waals surface area contributed by atoms with E-state index in [1.54, 1.807) is 0 Å². The van der Waals surface area contributed by atoms with E-state index in [4.69, 9.17) is 0 Å². The summed E-state index contributed by atoms with van der Waals surface area (Å²) in [7, 11) is 0. The van der Waals surface area contributed by atoms with E-state index in [2.05, 4.69) is 550 Å². The minimum Gasteiger partial charge on any atom is -0.311 e. The lowest BCUT2D eigenvalue weighted by Crippen LogP contribution is -2.12. The molecule has 3 unspecified atom stereocenters. The fourth-order valence-electron chi connectivity index (χ4n) is 17.4. The van der Waals surface area contributed by atoms with Crippen LogP contribution in [-0.2, 0) is 0 Å². The third-order valence-corrected chi connectivity index (χ3v) is 25.1. The predicted molar refractivity (Wildman–Crippen MR) is 551 cm³/mol. The average Bonchev–Trinajstić information content (AvgIpc) is 0.786. The Morgan fingerprint density at radius 2 is 0.258 bits per heavy atom. The molecule has 20 aromatic carbocycles. The smallest absolute Gasteiger partial charge is 0.0468 e. The summed E-state index contributed by atoms with van der Waals surface area (Å²) in [5.41, 5.74) is 24.5. The summed E-state index contributed by atoms with van der Waals surface area (Å²) >= 11 is 0. The highest BCUT2D eigenvalue weighted by Crippen LogP contribution is 2.46. The number of hydrogen-bond acceptors (Lipinski definition) is 6. The van der Waals surface area contributed by atoms with Crippen molar-refractivity contribution in [2.24, 2.45) is 0 Å². The first-order valence-electron chi connectivity index (χ1n) is 45.1. The topological polar surface area (TPSA) is 19.4 Å². The molecule has 3 atom stereocenters. The number of anilines is 18. The summed E-state index contributed by atoms with van der Waals surface area (Å²) in [6.45, 7) is 13.6. The maximum absolute atomic E-state index is 2.36. The summed E-state index contributed by atoms with van der Waals surface area (Å²) in [5.74, 6) is 1.65. The number of hydrogen-bond donors (Lipinski definition) is 0. The van der Waals surface area contributed by atoms with Gasteiger partial charge in [-0.1, -0.05) is 302 Å². The first-order chi connectivity index (χ1) is 63.1. The van der Waals surface area contributed by atoms with Crippen LogP contribution in [0.1, 0.15) is 95.2 Å². The second-order valence-corrected chi connectivity index (χ2v) is 33.3. The molecule has 624 valence electrons. The first kappa shape index (κ1) is 83.4. The van der Waals surface area contributed by atoms with Crippen molar-refractivity contribution >= 4 is 156 Å². The Labute approximate surface area is 755 Å². The monoisotopic (exact) mass is 1650 g/mol. The molecule has 20 rings (SSSR count). The molecule has 0 amide bonds. The molecular formula is C122H106N6. The van der Waals surface area contributed by atoms with Gasteiger partial charge in [0.2, 0.25) is 0 Å². The van der Waals surface area contributed by atoms with Gasteiger partial charge in [0.05, 0.1) is 0 Å². The maximum Gasteiger partial charge on any atom is 0.0468 e. The van der Waals surface area contributed by atoms with Crippen molar-refractivity contribution in [3.05, 3.63) is 496 Å². The summed E-state index contributed by atoms with van der Waals surface area (Å²) in [4.78, 5) is 14.0. The van der Waals surface area contributed by atoms with Crippen LogP contribution in [0.2, 0.25) is 0 Å². The highest BCUT2D eigenvalue weighted by Gasteiger charge is 2.23. The van der Waals surface area contributed by atoms with Crippen molar-refractivity contribution in [1.29, 1.82) is 0 Å². The molecule has 6 heteroatoms. The number of para-hydroxylation sites is 4. The number of nitrogens with zero attached hydrogens (tertiary/aromatic N) is 6. The molecule has 0 saturated heterocycles. The largest absolute Gasteiger partial charge is 0.311 e. The summed E-state index contributed by atoms with van der Waals surface area (Å²) in [6, 6.07) is 173. The van der Waals surface area contributed by atoms with Crippen LogP contribution < -0.4 is 29.4 Å². The third kappa shape index (κ3) is 18.7. The zero-order valence-electron chi connectivity index (χ0n) is 73.6. The normalized spacial score (nSPS) is 11.8. The Bertz CT molecular complexity index is 6590. The van der Waals surface area contributed by atoms with Gasteiger partial charge in [0.1, 0.15) is 0 Å². The van der Waals surface area contributed by atoms with Gasteiger partial charge in [0, 0.05) is 102 Å². The second-order valence-electron chi connectivity index (χ2n) is 33.3. The van der Waals surface area contributed by atoms with Crippen molar-refractivity contribution < 1.29 is 0 Å². The van der Waals surface area contributed by atoms with Crippen LogP contribution in [0.15, 0.2) is 479 Å². The van der Waals surface area contributed by atoms with E-state index in [0.29, 0.717) is 17.8 Å². The zero-order valence-corrected chi connectivity index (χ0v) is 73.6. The molecule has 0 saturated carbocycles. The lowest BCUT2D eigenvalue weighted by Gasteiger charge is -2.29. The van der Waals surface area contributed by atoms with Crippen molar-refractivity contribution in [3.8, 4) is 0 Å². The van der Waals surface area contributed by atoms with Gasteiger partial charge in [0.25, 0.3) is 0 Å². The fraction of sp³-hybridized carbons (Fsp3) is 0.0984. The molecule has 0 bridgehead atoms. The molecule has 0 aliphatic carbocycles. The van der Waals surface area contributed by atoms with E-state index < -0.39 is 0 Å². The van der Waals surface area contributed by atoms with Gasteiger partial charge in [-0.05, 0) is 326 Å². The van der Waals surface area contributed by atoms with Crippen molar-refractivity contribution in [2.75, 3.05) is 29.4 Å². The van der Waals surface area contributed by atoms with E-state index in [9.17, 15) is 0 Å². The Kier molecular flexibility index (Phi) is 25.5. The SMILES string of the molecule is CCC(C)c1ccc(N(c2ccccc2)c2ccc(N(c3ccc4ccccc4c3)c3ccc4ccccc4c3)cc2)cc1.CCC(C)c1ccc(N(c2ccccc2)c2ccc(N(c3ccc4ccccc4c3)c3ccc4ccccc4c3)cc2)cc1.CCC(C)c1ccc(N(c2ccccc2)c2ccc(N(c3ccccc3)c3ccc4ccccc4c3)cc2)cc1. The number of rotatable bonds is 24. The zero-order chi connectivity index (χ0) is 87.1. The summed E-state index contributed by atoms with van der Waals surface area (Å²) in [5, 5.41) is 12.3. The van der Waals surface area contributed by atoms with Crippen molar-refractivity contribution in [2.45, 2.75) is 78.6 Å². The highest BCUT2D eigenvalue weighted by atomic mass is 15.2. The number of fused-ring (bicyclic) bond motifs is 5. The summed E-state index contributed by atoms with van der Waals surface area (Å²) < 4.78 is 0. The van der Waals surface area contributed by atoms with Crippen LogP contribution in [0.5, 0.6) is 0 Å². The van der Waals surface area contributed by atoms with Crippen LogP contribution in [0, 0.1) is 0 Å². The van der Waals surface area contributed by atoms with E-state index >= 15 is 0 Å². The van der Waals surface area contributed by atoms with Crippen LogP contribution in [0.25, 0.3) is 53.9 Å². The molecular weight excluding hydrogens is 1550 g/mol. The van der Waals surface area contributed by atoms with Crippen LogP contribution in [0.4, 0.5) is 102 Å². The van der Waals surface area contributed by atoms with Gasteiger partial charge < -0.3 is 29.4 Å². The second kappa shape index (κ2) is 39.1. The maximum atomic E-state index is 2.36. The van der Waals surface area contributed by atoms with E-state index in [1.807, 2.05) is 0 Å². The average molecular weight is 1660 g/mol. The lowest BCUT2D eigenvalue weighted by molar-refractivity contribution is 0.733. The quantitative estimate of drug-likeness (QED) is 0.0596. The molecule has 0 fully saturated rings. The molecule has 0 N–H and O–H groups in total. The Balaban J connectivity index is 0.000000130. The van der Waals surface area contributed by atoms with Crippen molar-refractivity contribution in [1.82, 2.24) is 0 Å². The number of benzene rings is 20. The van der Waals surface area contributed by atoms with Crippen LogP contribution >= 0.6 is 0 Å². The molecule has 0 heterocycles. The van der Waals surface area contributed by atoms with Crippen LogP contribution in [0.3, 0.4) is 0 Å². The standard InChI is InChI=1S/2C42H36N2.C38H34N2/c2*1-3-31(2)32-17-21-38(22-18-32)43(37-15-5-4-6-16-37)39-25-27-40(28-26-39)44(41-23-19-33-11-7-9-13-35(33)29-41)42-24-20-34-12-8-10-14-36(34)30-42;1-3-29(2)30-18-21-35(22-19-30)39(33-14-6-4-7-15-33)36-24-26-37(27-25-36)40(34-16-8-5-9-17-34)38-23-20-31-12-10-11-13-32(31)28-38/h2*4-31H,3H2,1-2H3;4-29H,3H2,1-2H3. The molecule has 0 aliphatic rings. The summed E-state index contributed by atoms with van der Waals surface area (Å²) in [6.07, 6.45) is 3.40. The van der Waals surface area contributed by atoms with Gasteiger partial charge in [-0.3, -0.25) is 0 Å². The minimum absolute atomic E-state index is 0.546. The van der Waals surface area contributed by atoms with E-state index in [1.165, 1.54) is 70.6 Å². The van der Waals surface area contributed by atoms with Gasteiger partial charge in [-0.25, -0.2) is 0 Å². The predicted octanol–water partition coefficient (Wildman–Crippen LogP) is 36.2. The molecule has 0 aliphatic heterocycles. The molecule has 0 radical (unpaired) electrons. The fourth-order valence-corrected chi connectivity index (χ4v) is 17.4. The third-order valence-electron chi connectivity index (χ3n) is 25.1. The highest BCUT2D eigenvalue weighted by molar-refractivity contribution is 5.97. The van der Waals surface area contributed by atoms with E-state index in [0.717, 1.165) is 122 Å². The minimum atomic E-state index is 0.546. The van der Waals surface area contributed by atoms with E-state index in [-0.39, 0.29) is 0 Å². The van der Waals surface area contributed by atoms with Crippen molar-refractivity contribution in [3.63, 3.8) is 0 Å². The molecule has 128 heavy (non-hydrogen) atoms. The van der Waals surface area contributed by atoms with Crippen LogP contribution in [-0.4, -0.2) is 0 Å². The van der Waals surface area contributed by atoms with Gasteiger partial charge in [0.15, 0.2) is 0 Å². The lowest BCUT2D eigenvalue weighted by atomic mass is 9.98. The van der Waals surface area contributed by atoms with Gasteiger partial charge in [-0.2, -0.15) is 0 Å². The Morgan fingerprint density at radius 1 is 0.133 bits per heavy atom. The molecule has 6 nitrogen and oxygen atoms in total. The van der Waals surface area contributed by atoms with Gasteiger partial charge >= 0.3 is 0 Å². The molecule has 0 spiro atoms. The van der Waals surface area contributed by atoms with Gasteiger partial charge in [-0.15, -0.1) is 0 Å². The Hall–Kier alpha value is -15.5. The first-order valence-corrected chi connectivity index (χ1v) is 45.1. The Morgan fingerprint density at radius 3 is 0.430 bits per heavy atom. The molecule has 0 aromatic heterocycles.